The van der Waals surface area contributed by atoms with E-state index in [1.807, 2.05) is 41.0 Å². The molecule has 1 unspecified atom stereocenters. The average molecular weight is 502 g/mol. The summed E-state index contributed by atoms with van der Waals surface area (Å²) in [4.78, 5) is 23.2. The van der Waals surface area contributed by atoms with Crippen molar-refractivity contribution in [2.24, 2.45) is 0 Å². The molecular weight excluding hydrogens is 474 g/mol. The van der Waals surface area contributed by atoms with Gasteiger partial charge in [0.15, 0.2) is 11.0 Å². The van der Waals surface area contributed by atoms with Crippen LogP contribution in [0, 0.1) is 17.0 Å². The third-order valence-corrected chi connectivity index (χ3v) is 6.68. The fourth-order valence-corrected chi connectivity index (χ4v) is 4.77. The number of nitro groups is 1. The normalized spacial score (nSPS) is 11.7. The standard InChI is InChI=1S/C27H27N5O3S/c1-3-25(33)28-24(17-20-9-5-4-6-10-20)26-29-30-27(36-18-21-11-7-8-19(2)16-21)31(26)22-12-14-23(15-13-22)32(34)35/h4-16,24H,3,17-18H2,1-2H3,(H,28,33). The number of nitro benzene ring substituents is 1. The van der Waals surface area contributed by atoms with E-state index in [4.69, 9.17) is 0 Å². The summed E-state index contributed by atoms with van der Waals surface area (Å²) in [6, 6.07) is 24.0. The second kappa shape index (κ2) is 11.6. The lowest BCUT2D eigenvalue weighted by Gasteiger charge is -2.20. The topological polar surface area (TPSA) is 103 Å². The summed E-state index contributed by atoms with van der Waals surface area (Å²) >= 11 is 1.53. The molecule has 4 rings (SSSR count). The van der Waals surface area contributed by atoms with Gasteiger partial charge in [-0.25, -0.2) is 0 Å². The molecule has 0 aliphatic heterocycles. The summed E-state index contributed by atoms with van der Waals surface area (Å²) in [6.07, 6.45) is 0.867. The number of benzene rings is 3. The lowest BCUT2D eigenvalue weighted by Crippen LogP contribution is -2.31. The number of aromatic nitrogens is 3. The Balaban J connectivity index is 1.75. The van der Waals surface area contributed by atoms with Crippen molar-refractivity contribution < 1.29 is 9.72 Å². The van der Waals surface area contributed by atoms with Crippen LogP contribution in [-0.2, 0) is 17.0 Å². The van der Waals surface area contributed by atoms with Crippen LogP contribution in [0.1, 0.15) is 41.9 Å². The number of rotatable bonds is 10. The molecule has 0 spiro atoms. The molecule has 1 atom stereocenters. The number of thioether (sulfide) groups is 1. The first kappa shape index (κ1) is 25.1. The van der Waals surface area contributed by atoms with Crippen molar-refractivity contribution in [1.29, 1.82) is 0 Å². The molecule has 0 fully saturated rings. The Morgan fingerprint density at radius 2 is 1.75 bits per heavy atom. The quantitative estimate of drug-likeness (QED) is 0.173. The number of hydrogen-bond donors (Lipinski definition) is 1. The highest BCUT2D eigenvalue weighted by Gasteiger charge is 2.25. The minimum Gasteiger partial charge on any atom is -0.346 e. The molecule has 0 saturated carbocycles. The SMILES string of the molecule is CCC(=O)NC(Cc1ccccc1)c1nnc(SCc2cccc(C)c2)n1-c1ccc([N+](=O)[O-])cc1. The second-order valence-electron chi connectivity index (χ2n) is 8.39. The molecule has 3 aromatic carbocycles. The molecule has 1 heterocycles. The summed E-state index contributed by atoms with van der Waals surface area (Å²) in [5.74, 6) is 1.15. The Kier molecular flexibility index (Phi) is 8.12. The largest absolute Gasteiger partial charge is 0.346 e. The molecule has 184 valence electrons. The van der Waals surface area contributed by atoms with Crippen LogP contribution in [0.25, 0.3) is 5.69 Å². The van der Waals surface area contributed by atoms with Crippen molar-refractivity contribution in [2.75, 3.05) is 0 Å². The van der Waals surface area contributed by atoms with Gasteiger partial charge in [-0.1, -0.05) is 78.8 Å². The number of non-ortho nitro benzene ring substituents is 1. The van der Waals surface area contributed by atoms with Gasteiger partial charge in [0.1, 0.15) is 0 Å². The molecule has 4 aromatic rings. The van der Waals surface area contributed by atoms with Crippen molar-refractivity contribution in [3.63, 3.8) is 0 Å². The van der Waals surface area contributed by atoms with Crippen LogP contribution < -0.4 is 5.32 Å². The van der Waals surface area contributed by atoms with Crippen LogP contribution in [0.15, 0.2) is 84.0 Å². The Bertz CT molecular complexity index is 1340. The number of hydrogen-bond acceptors (Lipinski definition) is 6. The number of nitrogens with one attached hydrogen (secondary N) is 1. The van der Waals surface area contributed by atoms with Crippen LogP contribution in [0.4, 0.5) is 5.69 Å². The zero-order valence-electron chi connectivity index (χ0n) is 20.1. The van der Waals surface area contributed by atoms with Crippen molar-refractivity contribution in [2.45, 2.75) is 43.6 Å². The molecule has 0 aliphatic carbocycles. The number of aryl methyl sites for hydroxylation is 1. The first-order chi connectivity index (χ1) is 17.4. The molecule has 9 heteroatoms. The van der Waals surface area contributed by atoms with Gasteiger partial charge in [0.05, 0.1) is 11.0 Å². The van der Waals surface area contributed by atoms with Gasteiger partial charge in [-0.05, 0) is 36.6 Å². The maximum atomic E-state index is 12.5. The summed E-state index contributed by atoms with van der Waals surface area (Å²) in [5, 5.41) is 23.9. The van der Waals surface area contributed by atoms with Crippen LogP contribution in [0.2, 0.25) is 0 Å². The van der Waals surface area contributed by atoms with Gasteiger partial charge in [-0.3, -0.25) is 19.5 Å². The number of nitrogens with zero attached hydrogens (tertiary/aromatic N) is 4. The smallest absolute Gasteiger partial charge is 0.269 e. The van der Waals surface area contributed by atoms with E-state index in [1.165, 1.54) is 29.5 Å². The molecule has 0 saturated heterocycles. The summed E-state index contributed by atoms with van der Waals surface area (Å²) in [5.41, 5.74) is 4.07. The Hall–Kier alpha value is -3.98. The van der Waals surface area contributed by atoms with E-state index >= 15 is 0 Å². The van der Waals surface area contributed by atoms with Gasteiger partial charge < -0.3 is 5.32 Å². The second-order valence-corrected chi connectivity index (χ2v) is 9.33. The molecule has 0 bridgehead atoms. The highest BCUT2D eigenvalue weighted by Crippen LogP contribution is 2.30. The molecular formula is C27H27N5O3S. The highest BCUT2D eigenvalue weighted by atomic mass is 32.2. The van der Waals surface area contributed by atoms with Crippen LogP contribution >= 0.6 is 11.8 Å². The third-order valence-electron chi connectivity index (χ3n) is 5.68. The number of carbonyl (C=O) groups excluding carboxylic acids is 1. The third kappa shape index (κ3) is 6.17. The van der Waals surface area contributed by atoms with Crippen LogP contribution in [0.3, 0.4) is 0 Å². The Labute approximate surface area is 213 Å². The fourth-order valence-electron chi connectivity index (χ4n) is 3.87. The Morgan fingerprint density at radius 1 is 1.03 bits per heavy atom. The number of amides is 1. The zero-order chi connectivity index (χ0) is 25.5. The minimum absolute atomic E-state index is 0.00228. The van der Waals surface area contributed by atoms with E-state index in [0.717, 1.165) is 11.1 Å². The van der Waals surface area contributed by atoms with Crippen LogP contribution in [0.5, 0.6) is 0 Å². The summed E-state index contributed by atoms with van der Waals surface area (Å²) < 4.78 is 1.88. The van der Waals surface area contributed by atoms with Gasteiger partial charge in [-0.15, -0.1) is 10.2 Å². The predicted octanol–water partition coefficient (Wildman–Crippen LogP) is 5.59. The van der Waals surface area contributed by atoms with Crippen molar-refractivity contribution >= 4 is 23.4 Å². The van der Waals surface area contributed by atoms with E-state index in [0.29, 0.717) is 35.3 Å². The molecule has 0 aliphatic rings. The predicted molar refractivity (Wildman–Crippen MR) is 140 cm³/mol. The number of carbonyl (C=O) groups is 1. The van der Waals surface area contributed by atoms with E-state index in [9.17, 15) is 14.9 Å². The molecule has 0 radical (unpaired) electrons. The van der Waals surface area contributed by atoms with Gasteiger partial charge in [0.2, 0.25) is 5.91 Å². The van der Waals surface area contributed by atoms with Gasteiger partial charge >= 0.3 is 0 Å². The van der Waals surface area contributed by atoms with Gasteiger partial charge in [-0.2, -0.15) is 0 Å². The zero-order valence-corrected chi connectivity index (χ0v) is 20.9. The molecule has 1 N–H and O–H groups in total. The summed E-state index contributed by atoms with van der Waals surface area (Å²) in [6.45, 7) is 3.86. The van der Waals surface area contributed by atoms with Crippen molar-refractivity contribution in [3.8, 4) is 5.69 Å². The molecule has 1 aromatic heterocycles. The first-order valence-electron chi connectivity index (χ1n) is 11.7. The molecule has 8 nitrogen and oxygen atoms in total. The molecule has 1 amide bonds. The Morgan fingerprint density at radius 3 is 2.42 bits per heavy atom. The van der Waals surface area contributed by atoms with Gasteiger partial charge in [0, 0.05) is 30.0 Å². The monoisotopic (exact) mass is 501 g/mol. The lowest BCUT2D eigenvalue weighted by molar-refractivity contribution is -0.384. The van der Waals surface area contributed by atoms with Crippen molar-refractivity contribution in [1.82, 2.24) is 20.1 Å². The van der Waals surface area contributed by atoms with E-state index in [-0.39, 0.29) is 11.6 Å². The first-order valence-corrected chi connectivity index (χ1v) is 12.6. The van der Waals surface area contributed by atoms with Gasteiger partial charge in [0.25, 0.3) is 5.69 Å². The average Bonchev–Trinajstić information content (AvgIpc) is 3.31. The highest BCUT2D eigenvalue weighted by molar-refractivity contribution is 7.98. The van der Waals surface area contributed by atoms with Crippen molar-refractivity contribution in [3.05, 3.63) is 111 Å². The van der Waals surface area contributed by atoms with Crippen LogP contribution in [-0.4, -0.2) is 25.6 Å². The maximum absolute atomic E-state index is 12.5. The summed E-state index contributed by atoms with van der Waals surface area (Å²) in [7, 11) is 0. The minimum atomic E-state index is -0.434. The lowest BCUT2D eigenvalue weighted by atomic mass is 10.0. The maximum Gasteiger partial charge on any atom is 0.269 e. The van der Waals surface area contributed by atoms with E-state index < -0.39 is 11.0 Å². The molecule has 36 heavy (non-hydrogen) atoms. The fraction of sp³-hybridized carbons (Fsp3) is 0.222. The van der Waals surface area contributed by atoms with E-state index in [2.05, 4.69) is 40.6 Å². The van der Waals surface area contributed by atoms with E-state index in [1.54, 1.807) is 19.1 Å².